The van der Waals surface area contributed by atoms with E-state index >= 15 is 0 Å². The number of anilines is 2. The Labute approximate surface area is 184 Å². The van der Waals surface area contributed by atoms with Crippen LogP contribution in [0.1, 0.15) is 5.56 Å². The van der Waals surface area contributed by atoms with Crippen LogP contribution in [-0.4, -0.2) is 38.8 Å². The van der Waals surface area contributed by atoms with E-state index in [9.17, 15) is 17.6 Å². The maximum absolute atomic E-state index is 12.9. The lowest BCUT2D eigenvalue weighted by Crippen LogP contribution is -2.17. The molecule has 0 bridgehead atoms. The summed E-state index contributed by atoms with van der Waals surface area (Å²) >= 11 is 0. The van der Waals surface area contributed by atoms with Gasteiger partial charge < -0.3 is 14.4 Å². The van der Waals surface area contributed by atoms with Crippen LogP contribution in [0, 0.1) is 0 Å². The number of ether oxygens (including phenoxy) is 2. The number of pyridine rings is 1. The molecule has 0 atom stereocenters. The SMILES string of the molecule is FC(F)Oc1ccc(N(Cc2cccnc2)c2ccc(-c3nn[nH]n3)cc2)cc1OC(F)F. The van der Waals surface area contributed by atoms with Crippen molar-refractivity contribution in [3.8, 4) is 22.9 Å². The Bertz CT molecular complexity index is 1160. The van der Waals surface area contributed by atoms with E-state index in [4.69, 9.17) is 0 Å². The molecule has 0 unspecified atom stereocenters. The molecular formula is C21H16F4N6O2. The standard InChI is InChI=1S/C21H16F4N6O2/c22-20(23)32-17-8-7-16(10-18(17)33-21(24)25)31(12-13-2-1-9-26-11-13)15-5-3-14(4-6-15)19-27-29-30-28-19/h1-11,20-21H,12H2,(H,27,28,29,30). The largest absolute Gasteiger partial charge is 0.431 e. The minimum atomic E-state index is -3.22. The van der Waals surface area contributed by atoms with E-state index in [0.717, 1.165) is 11.6 Å². The lowest BCUT2D eigenvalue weighted by Gasteiger charge is -2.26. The molecule has 0 spiro atoms. The van der Waals surface area contributed by atoms with Gasteiger partial charge in [-0.2, -0.15) is 22.8 Å². The average molecular weight is 460 g/mol. The maximum Gasteiger partial charge on any atom is 0.387 e. The Morgan fingerprint density at radius 1 is 0.879 bits per heavy atom. The fourth-order valence-corrected chi connectivity index (χ4v) is 3.13. The van der Waals surface area contributed by atoms with Crippen molar-refractivity contribution in [1.82, 2.24) is 25.6 Å². The third-order valence-electron chi connectivity index (χ3n) is 4.52. The highest BCUT2D eigenvalue weighted by molar-refractivity contribution is 5.69. The number of benzene rings is 2. The minimum Gasteiger partial charge on any atom is -0.431 e. The third kappa shape index (κ3) is 5.53. The van der Waals surface area contributed by atoms with Crippen molar-refractivity contribution in [2.24, 2.45) is 0 Å². The molecular weight excluding hydrogens is 444 g/mol. The first kappa shape index (κ1) is 22.0. The summed E-state index contributed by atoms with van der Waals surface area (Å²) in [4.78, 5) is 5.88. The number of nitrogens with zero attached hydrogens (tertiary/aromatic N) is 5. The van der Waals surface area contributed by atoms with Crippen molar-refractivity contribution >= 4 is 11.4 Å². The van der Waals surface area contributed by atoms with Gasteiger partial charge in [-0.3, -0.25) is 4.98 Å². The number of hydrogen-bond donors (Lipinski definition) is 1. The van der Waals surface area contributed by atoms with Crippen LogP contribution < -0.4 is 14.4 Å². The zero-order chi connectivity index (χ0) is 23.2. The number of halogens is 4. The van der Waals surface area contributed by atoms with Gasteiger partial charge in [-0.15, -0.1) is 10.2 Å². The Balaban J connectivity index is 1.73. The zero-order valence-corrected chi connectivity index (χ0v) is 16.8. The van der Waals surface area contributed by atoms with Crippen molar-refractivity contribution < 1.29 is 27.0 Å². The molecule has 0 radical (unpaired) electrons. The number of H-pyrrole nitrogens is 1. The molecule has 0 aliphatic carbocycles. The van der Waals surface area contributed by atoms with Crippen molar-refractivity contribution in [3.05, 3.63) is 72.6 Å². The van der Waals surface area contributed by atoms with Gasteiger partial charge in [0.1, 0.15) is 0 Å². The monoisotopic (exact) mass is 460 g/mol. The summed E-state index contributed by atoms with van der Waals surface area (Å²) in [5, 5.41) is 13.8. The van der Waals surface area contributed by atoms with Gasteiger partial charge in [-0.25, -0.2) is 0 Å². The number of tetrazole rings is 1. The smallest absolute Gasteiger partial charge is 0.387 e. The summed E-state index contributed by atoms with van der Waals surface area (Å²) in [6, 6.07) is 14.5. The second-order valence-electron chi connectivity index (χ2n) is 6.62. The molecule has 12 heteroatoms. The first-order valence-electron chi connectivity index (χ1n) is 9.53. The lowest BCUT2D eigenvalue weighted by molar-refractivity contribution is -0.0692. The summed E-state index contributed by atoms with van der Waals surface area (Å²) in [6.07, 6.45) is 3.28. The zero-order valence-electron chi connectivity index (χ0n) is 16.8. The Kier molecular flexibility index (Phi) is 6.62. The topological polar surface area (TPSA) is 89.1 Å². The number of rotatable bonds is 9. The van der Waals surface area contributed by atoms with E-state index < -0.39 is 24.7 Å². The second kappa shape index (κ2) is 9.94. The van der Waals surface area contributed by atoms with Crippen LogP contribution in [0.5, 0.6) is 11.5 Å². The Hall–Kier alpha value is -4.22. The Morgan fingerprint density at radius 3 is 2.24 bits per heavy atom. The molecule has 170 valence electrons. The van der Waals surface area contributed by atoms with E-state index in [-0.39, 0.29) is 0 Å². The molecule has 0 fully saturated rings. The molecule has 2 aromatic heterocycles. The molecule has 0 saturated carbocycles. The summed E-state index contributed by atoms with van der Waals surface area (Å²) in [5.74, 6) is -0.605. The fraction of sp³-hybridized carbons (Fsp3) is 0.143. The lowest BCUT2D eigenvalue weighted by atomic mass is 10.1. The number of aromatic amines is 1. The van der Waals surface area contributed by atoms with Crippen molar-refractivity contribution in [2.75, 3.05) is 4.90 Å². The van der Waals surface area contributed by atoms with Gasteiger partial charge in [0.25, 0.3) is 0 Å². The third-order valence-corrected chi connectivity index (χ3v) is 4.52. The molecule has 1 N–H and O–H groups in total. The molecule has 0 saturated heterocycles. The predicted molar refractivity (Wildman–Crippen MR) is 109 cm³/mol. The quantitative estimate of drug-likeness (QED) is 0.359. The van der Waals surface area contributed by atoms with Gasteiger partial charge >= 0.3 is 13.2 Å². The molecule has 0 aliphatic rings. The highest BCUT2D eigenvalue weighted by Gasteiger charge is 2.19. The van der Waals surface area contributed by atoms with Gasteiger partial charge in [0.2, 0.25) is 5.82 Å². The molecule has 2 heterocycles. The van der Waals surface area contributed by atoms with Crippen molar-refractivity contribution in [1.29, 1.82) is 0 Å². The first-order valence-corrected chi connectivity index (χ1v) is 9.53. The number of aromatic nitrogens is 5. The second-order valence-corrected chi connectivity index (χ2v) is 6.62. The maximum atomic E-state index is 12.9. The highest BCUT2D eigenvalue weighted by atomic mass is 19.3. The fourth-order valence-electron chi connectivity index (χ4n) is 3.13. The van der Waals surface area contributed by atoms with Gasteiger partial charge in [-0.05, 0) is 53.2 Å². The van der Waals surface area contributed by atoms with E-state index in [1.54, 1.807) is 47.6 Å². The van der Waals surface area contributed by atoms with Crippen molar-refractivity contribution in [3.63, 3.8) is 0 Å². The van der Waals surface area contributed by atoms with Crippen LogP contribution in [0.2, 0.25) is 0 Å². The summed E-state index contributed by atoms with van der Waals surface area (Å²) in [7, 11) is 0. The Morgan fingerprint density at radius 2 is 1.61 bits per heavy atom. The van der Waals surface area contributed by atoms with Crippen LogP contribution in [-0.2, 0) is 6.54 Å². The van der Waals surface area contributed by atoms with E-state index in [1.807, 2.05) is 6.07 Å². The molecule has 2 aromatic carbocycles. The predicted octanol–water partition coefficient (Wildman–Crippen LogP) is 4.80. The molecule has 33 heavy (non-hydrogen) atoms. The summed E-state index contributed by atoms with van der Waals surface area (Å²) in [6.45, 7) is -6.11. The van der Waals surface area contributed by atoms with Gasteiger partial charge in [-0.1, -0.05) is 6.07 Å². The van der Waals surface area contributed by atoms with Crippen LogP contribution in [0.15, 0.2) is 67.0 Å². The number of hydrogen-bond acceptors (Lipinski definition) is 7. The van der Waals surface area contributed by atoms with Crippen LogP contribution in [0.4, 0.5) is 28.9 Å². The highest BCUT2D eigenvalue weighted by Crippen LogP contribution is 2.37. The van der Waals surface area contributed by atoms with E-state index in [0.29, 0.717) is 29.3 Å². The number of alkyl halides is 4. The number of nitrogens with one attached hydrogen (secondary N) is 1. The molecule has 4 aromatic rings. The molecule has 0 amide bonds. The molecule has 8 nitrogen and oxygen atoms in total. The van der Waals surface area contributed by atoms with Crippen LogP contribution in [0.3, 0.4) is 0 Å². The molecule has 4 rings (SSSR count). The summed E-state index contributed by atoms with van der Waals surface area (Å²) in [5.41, 5.74) is 2.61. The van der Waals surface area contributed by atoms with Gasteiger partial charge in [0.15, 0.2) is 11.5 Å². The van der Waals surface area contributed by atoms with Crippen molar-refractivity contribution in [2.45, 2.75) is 19.8 Å². The minimum absolute atomic E-state index is 0.304. The summed E-state index contributed by atoms with van der Waals surface area (Å²) < 4.78 is 60.0. The molecule has 0 aliphatic heterocycles. The van der Waals surface area contributed by atoms with E-state index in [2.05, 4.69) is 35.1 Å². The normalized spacial score (nSPS) is 11.1. The van der Waals surface area contributed by atoms with Crippen LogP contribution >= 0.6 is 0 Å². The van der Waals surface area contributed by atoms with Crippen LogP contribution in [0.25, 0.3) is 11.4 Å². The average Bonchev–Trinajstić information content (AvgIpc) is 3.34. The first-order chi connectivity index (χ1) is 16.0. The van der Waals surface area contributed by atoms with E-state index in [1.165, 1.54) is 12.1 Å². The van der Waals surface area contributed by atoms with Gasteiger partial charge in [0, 0.05) is 41.9 Å². The van der Waals surface area contributed by atoms with Gasteiger partial charge in [0.05, 0.1) is 0 Å².